The number of rotatable bonds is 5. The lowest BCUT2D eigenvalue weighted by molar-refractivity contribution is -0.915. The van der Waals surface area contributed by atoms with E-state index < -0.39 is 0 Å². The summed E-state index contributed by atoms with van der Waals surface area (Å²) in [5.74, 6) is 0.0561. The molecule has 1 amide bonds. The standard InChI is InChI=1S/C8H17BrN2O/c1-4-11(5-2,6-3)7-8(12)10-9/h4-7H2,1-3H3/p+1. The Morgan fingerprint density at radius 2 is 1.67 bits per heavy atom. The summed E-state index contributed by atoms with van der Waals surface area (Å²) in [5, 5.41) is 0. The molecule has 0 heterocycles. The third-order valence-electron chi connectivity index (χ3n) is 2.60. The van der Waals surface area contributed by atoms with Crippen molar-refractivity contribution in [2.45, 2.75) is 20.8 Å². The summed E-state index contributed by atoms with van der Waals surface area (Å²) >= 11 is 2.95. The minimum absolute atomic E-state index is 0.0561. The van der Waals surface area contributed by atoms with Crippen molar-refractivity contribution in [3.05, 3.63) is 0 Å². The van der Waals surface area contributed by atoms with Gasteiger partial charge in [-0.1, -0.05) is 0 Å². The first-order valence-electron chi connectivity index (χ1n) is 4.38. The van der Waals surface area contributed by atoms with Crippen LogP contribution >= 0.6 is 16.1 Å². The molecular formula is C8H18BrN2O+. The van der Waals surface area contributed by atoms with E-state index in [-0.39, 0.29) is 5.91 Å². The monoisotopic (exact) mass is 237 g/mol. The highest BCUT2D eigenvalue weighted by Crippen LogP contribution is 2.04. The zero-order valence-corrected chi connectivity index (χ0v) is 9.65. The SMILES string of the molecule is CC[N+](CC)(CC)CC(=O)NBr. The number of quaternary nitrogens is 1. The van der Waals surface area contributed by atoms with E-state index in [0.29, 0.717) is 6.54 Å². The number of carbonyl (C=O) groups excluding carboxylic acids is 1. The topological polar surface area (TPSA) is 29.1 Å². The van der Waals surface area contributed by atoms with E-state index in [0.717, 1.165) is 24.1 Å². The average molecular weight is 238 g/mol. The molecule has 4 heteroatoms. The molecule has 0 aliphatic heterocycles. The Morgan fingerprint density at radius 3 is 1.92 bits per heavy atom. The van der Waals surface area contributed by atoms with Crippen LogP contribution in [0.5, 0.6) is 0 Å². The fourth-order valence-electron chi connectivity index (χ4n) is 1.34. The Labute approximate surface area is 83.1 Å². The molecule has 0 aromatic heterocycles. The normalized spacial score (nSPS) is 11.3. The molecule has 0 saturated carbocycles. The molecule has 0 aliphatic rings. The predicted molar refractivity (Wildman–Crippen MR) is 53.8 cm³/mol. The van der Waals surface area contributed by atoms with Gasteiger partial charge in [0.25, 0.3) is 5.91 Å². The largest absolute Gasteiger partial charge is 0.316 e. The maximum atomic E-state index is 11.1. The number of amides is 1. The molecular weight excluding hydrogens is 220 g/mol. The molecule has 0 saturated heterocycles. The second kappa shape index (κ2) is 5.54. The van der Waals surface area contributed by atoms with E-state index in [4.69, 9.17) is 0 Å². The highest BCUT2D eigenvalue weighted by molar-refractivity contribution is 9.08. The van der Waals surface area contributed by atoms with Crippen LogP contribution in [-0.4, -0.2) is 36.6 Å². The van der Waals surface area contributed by atoms with E-state index in [1.807, 2.05) is 0 Å². The van der Waals surface area contributed by atoms with Gasteiger partial charge in [0.15, 0.2) is 6.54 Å². The lowest BCUT2D eigenvalue weighted by Gasteiger charge is -2.34. The molecule has 1 N–H and O–H groups in total. The molecule has 3 nitrogen and oxygen atoms in total. The maximum absolute atomic E-state index is 11.1. The van der Waals surface area contributed by atoms with Crippen LogP contribution in [-0.2, 0) is 4.79 Å². The maximum Gasteiger partial charge on any atom is 0.285 e. The van der Waals surface area contributed by atoms with Crippen LogP contribution in [0.3, 0.4) is 0 Å². The summed E-state index contributed by atoms with van der Waals surface area (Å²) in [7, 11) is 0. The summed E-state index contributed by atoms with van der Waals surface area (Å²) in [6.07, 6.45) is 0. The fraction of sp³-hybridized carbons (Fsp3) is 0.875. The molecule has 72 valence electrons. The number of hydrogen-bond acceptors (Lipinski definition) is 1. The Hall–Kier alpha value is -0.0900. The zero-order chi connectivity index (χ0) is 9.61. The molecule has 0 aromatic carbocycles. The summed E-state index contributed by atoms with van der Waals surface area (Å²) in [6.45, 7) is 9.94. The van der Waals surface area contributed by atoms with Gasteiger partial charge < -0.3 is 4.48 Å². The first-order valence-corrected chi connectivity index (χ1v) is 5.18. The van der Waals surface area contributed by atoms with E-state index in [1.165, 1.54) is 0 Å². The Kier molecular flexibility index (Phi) is 5.50. The molecule has 0 atom stereocenters. The van der Waals surface area contributed by atoms with E-state index in [9.17, 15) is 4.79 Å². The number of halogens is 1. The third-order valence-corrected chi connectivity index (χ3v) is 3.04. The third kappa shape index (κ3) is 3.11. The second-order valence-corrected chi connectivity index (χ2v) is 3.36. The molecule has 0 spiro atoms. The van der Waals surface area contributed by atoms with Crippen LogP contribution in [0.4, 0.5) is 0 Å². The van der Waals surface area contributed by atoms with Gasteiger partial charge in [-0.25, -0.2) is 0 Å². The number of carbonyl (C=O) groups is 1. The van der Waals surface area contributed by atoms with Gasteiger partial charge in [-0.3, -0.25) is 9.14 Å². The van der Waals surface area contributed by atoms with Gasteiger partial charge in [0.2, 0.25) is 0 Å². The zero-order valence-electron chi connectivity index (χ0n) is 8.06. The first-order chi connectivity index (χ1) is 5.64. The van der Waals surface area contributed by atoms with E-state index >= 15 is 0 Å². The minimum Gasteiger partial charge on any atom is -0.316 e. The predicted octanol–water partition coefficient (Wildman–Crippen LogP) is 1.29. The van der Waals surface area contributed by atoms with Crippen molar-refractivity contribution in [3.8, 4) is 0 Å². The molecule has 0 radical (unpaired) electrons. The van der Waals surface area contributed by atoms with Crippen molar-refractivity contribution in [1.29, 1.82) is 0 Å². The lowest BCUT2D eigenvalue weighted by Crippen LogP contribution is -2.52. The van der Waals surface area contributed by atoms with Crippen LogP contribution in [0.1, 0.15) is 20.8 Å². The molecule has 0 aliphatic carbocycles. The Morgan fingerprint density at radius 1 is 1.25 bits per heavy atom. The highest BCUT2D eigenvalue weighted by Gasteiger charge is 2.23. The van der Waals surface area contributed by atoms with Gasteiger partial charge >= 0.3 is 0 Å². The van der Waals surface area contributed by atoms with E-state index in [1.54, 1.807) is 0 Å². The van der Waals surface area contributed by atoms with Crippen LogP contribution in [0.15, 0.2) is 0 Å². The van der Waals surface area contributed by atoms with Crippen molar-refractivity contribution < 1.29 is 9.28 Å². The summed E-state index contributed by atoms with van der Waals surface area (Å²) in [5.41, 5.74) is 0. The minimum atomic E-state index is 0.0561. The number of hydrogen-bond donors (Lipinski definition) is 1. The van der Waals surface area contributed by atoms with Crippen LogP contribution < -0.4 is 4.34 Å². The smallest absolute Gasteiger partial charge is 0.285 e. The molecule has 0 aromatic rings. The Balaban J connectivity index is 4.19. The highest BCUT2D eigenvalue weighted by atomic mass is 79.9. The number of nitrogens with zero attached hydrogens (tertiary/aromatic N) is 1. The summed E-state index contributed by atoms with van der Waals surface area (Å²) < 4.78 is 3.34. The fourth-order valence-corrected chi connectivity index (χ4v) is 1.47. The van der Waals surface area contributed by atoms with Crippen molar-refractivity contribution in [2.24, 2.45) is 0 Å². The molecule has 0 bridgehead atoms. The van der Waals surface area contributed by atoms with Crippen molar-refractivity contribution in [1.82, 2.24) is 4.34 Å². The number of nitrogens with one attached hydrogen (secondary N) is 1. The molecule has 12 heavy (non-hydrogen) atoms. The summed E-state index contributed by atoms with van der Waals surface area (Å²) in [6, 6.07) is 0. The van der Waals surface area contributed by atoms with Crippen molar-refractivity contribution in [2.75, 3.05) is 26.2 Å². The van der Waals surface area contributed by atoms with E-state index in [2.05, 4.69) is 41.3 Å². The number of likely N-dealkylation sites (N-methyl/N-ethyl adjacent to an activating group) is 1. The van der Waals surface area contributed by atoms with Crippen LogP contribution in [0, 0.1) is 0 Å². The van der Waals surface area contributed by atoms with Gasteiger partial charge in [0.05, 0.1) is 19.6 Å². The molecule has 0 fully saturated rings. The van der Waals surface area contributed by atoms with Gasteiger partial charge in [0.1, 0.15) is 0 Å². The van der Waals surface area contributed by atoms with Crippen molar-refractivity contribution in [3.63, 3.8) is 0 Å². The molecule has 0 unspecified atom stereocenters. The quantitative estimate of drug-likeness (QED) is 0.567. The van der Waals surface area contributed by atoms with Gasteiger partial charge in [-0.2, -0.15) is 0 Å². The van der Waals surface area contributed by atoms with Gasteiger partial charge in [-0.05, 0) is 20.8 Å². The second-order valence-electron chi connectivity index (χ2n) is 2.97. The lowest BCUT2D eigenvalue weighted by atomic mass is 10.3. The Bertz CT molecular complexity index is 138. The van der Waals surface area contributed by atoms with Crippen LogP contribution in [0.2, 0.25) is 0 Å². The van der Waals surface area contributed by atoms with Crippen molar-refractivity contribution >= 4 is 22.1 Å². The average Bonchev–Trinajstić information content (AvgIpc) is 2.14. The summed E-state index contributed by atoms with van der Waals surface area (Å²) in [4.78, 5) is 11.1. The van der Waals surface area contributed by atoms with Gasteiger partial charge in [-0.15, -0.1) is 0 Å². The van der Waals surface area contributed by atoms with Crippen LogP contribution in [0.25, 0.3) is 0 Å². The first kappa shape index (κ1) is 11.9. The molecule has 0 rings (SSSR count). The van der Waals surface area contributed by atoms with Gasteiger partial charge in [0, 0.05) is 16.1 Å².